The number of piperidine rings is 1. The van der Waals surface area contributed by atoms with Crippen molar-refractivity contribution in [3.63, 3.8) is 0 Å². The summed E-state index contributed by atoms with van der Waals surface area (Å²) >= 11 is 1.94. The topological polar surface area (TPSA) is 95.2 Å². The maximum atomic E-state index is 11.4. The number of sulfonamides is 1. The molecule has 9 heteroatoms. The van der Waals surface area contributed by atoms with E-state index in [1.54, 1.807) is 0 Å². The fraction of sp³-hybridized carbons (Fsp3) is 0.600. The average Bonchev–Trinajstić information content (AvgIpc) is 2.35. The van der Waals surface area contributed by atoms with Gasteiger partial charge in [-0.05, 0) is 35.4 Å². The summed E-state index contributed by atoms with van der Waals surface area (Å²) < 4.78 is 24.8. The van der Waals surface area contributed by atoms with Gasteiger partial charge in [-0.15, -0.1) is 0 Å². The van der Waals surface area contributed by atoms with Crippen LogP contribution < -0.4 is 10.9 Å². The van der Waals surface area contributed by atoms with Gasteiger partial charge in [-0.1, -0.05) is 0 Å². The van der Waals surface area contributed by atoms with Crippen molar-refractivity contribution in [2.75, 3.05) is 24.7 Å². The van der Waals surface area contributed by atoms with Crippen molar-refractivity contribution in [2.24, 2.45) is 0 Å². The Labute approximate surface area is 125 Å². The lowest BCUT2D eigenvalue weighted by molar-refractivity contribution is 0.331. The molecule has 1 aliphatic heterocycles. The summed E-state index contributed by atoms with van der Waals surface area (Å²) in [6.45, 7) is 0.993. The monoisotopic (exact) mass is 398 g/mol. The number of anilines is 1. The van der Waals surface area contributed by atoms with E-state index in [2.05, 4.69) is 15.3 Å². The van der Waals surface area contributed by atoms with Crippen molar-refractivity contribution in [1.29, 1.82) is 0 Å². The third-order valence-corrected chi connectivity index (χ3v) is 5.36. The first-order valence-corrected chi connectivity index (χ1v) is 8.75. The molecule has 2 N–H and O–H groups in total. The van der Waals surface area contributed by atoms with Gasteiger partial charge in [0, 0.05) is 19.1 Å². The Morgan fingerprint density at radius 2 is 2.11 bits per heavy atom. The van der Waals surface area contributed by atoms with Gasteiger partial charge in [-0.2, -0.15) is 0 Å². The molecule has 1 saturated heterocycles. The highest BCUT2D eigenvalue weighted by Gasteiger charge is 2.25. The van der Waals surface area contributed by atoms with Crippen LogP contribution in [0.3, 0.4) is 0 Å². The molecule has 1 aromatic heterocycles. The van der Waals surface area contributed by atoms with Gasteiger partial charge in [0.15, 0.2) is 0 Å². The number of hydrogen-bond donors (Lipinski definition) is 2. The van der Waals surface area contributed by atoms with Gasteiger partial charge in [-0.25, -0.2) is 17.7 Å². The minimum atomic E-state index is -3.10. The van der Waals surface area contributed by atoms with Crippen LogP contribution in [-0.4, -0.2) is 48.1 Å². The molecule has 19 heavy (non-hydrogen) atoms. The first-order valence-electron chi connectivity index (χ1n) is 5.83. The lowest BCUT2D eigenvalue weighted by Gasteiger charge is -2.30. The Hall–Kier alpha value is -0.680. The third kappa shape index (κ3) is 3.66. The summed E-state index contributed by atoms with van der Waals surface area (Å²) in [4.78, 5) is 18.0. The predicted molar refractivity (Wildman–Crippen MR) is 80.6 cm³/mol. The van der Waals surface area contributed by atoms with Crippen LogP contribution in [0.5, 0.6) is 0 Å². The fourth-order valence-corrected chi connectivity index (χ4v) is 3.33. The van der Waals surface area contributed by atoms with Crippen LogP contribution in [0.25, 0.3) is 0 Å². The Morgan fingerprint density at radius 1 is 1.47 bits per heavy atom. The van der Waals surface area contributed by atoms with E-state index in [1.165, 1.54) is 16.9 Å². The van der Waals surface area contributed by atoms with Gasteiger partial charge in [0.1, 0.15) is 9.39 Å². The Morgan fingerprint density at radius 3 is 2.68 bits per heavy atom. The molecule has 1 fully saturated rings. The number of halogens is 1. The average molecular weight is 398 g/mol. The molecule has 2 rings (SSSR count). The first-order chi connectivity index (χ1) is 8.88. The zero-order valence-corrected chi connectivity index (χ0v) is 13.4. The van der Waals surface area contributed by atoms with E-state index >= 15 is 0 Å². The van der Waals surface area contributed by atoms with E-state index in [4.69, 9.17) is 0 Å². The van der Waals surface area contributed by atoms with Gasteiger partial charge >= 0.3 is 0 Å². The zero-order valence-electron chi connectivity index (χ0n) is 10.4. The number of aromatic amines is 1. The van der Waals surface area contributed by atoms with Gasteiger partial charge < -0.3 is 10.3 Å². The molecule has 0 unspecified atom stereocenters. The fourth-order valence-electron chi connectivity index (χ4n) is 2.01. The normalized spacial score (nSPS) is 18.4. The second kappa shape index (κ2) is 5.75. The van der Waals surface area contributed by atoms with Crippen molar-refractivity contribution in [3.8, 4) is 0 Å². The van der Waals surface area contributed by atoms with Crippen LogP contribution in [0.1, 0.15) is 12.8 Å². The molecule has 1 aliphatic rings. The lowest BCUT2D eigenvalue weighted by atomic mass is 10.1. The van der Waals surface area contributed by atoms with Crippen molar-refractivity contribution in [3.05, 3.63) is 20.3 Å². The Balaban J connectivity index is 2.00. The van der Waals surface area contributed by atoms with Crippen molar-refractivity contribution in [2.45, 2.75) is 18.9 Å². The van der Waals surface area contributed by atoms with Crippen LogP contribution in [0, 0.1) is 3.57 Å². The van der Waals surface area contributed by atoms with Crippen LogP contribution in [0.2, 0.25) is 0 Å². The van der Waals surface area contributed by atoms with E-state index in [1.807, 2.05) is 22.6 Å². The molecule has 106 valence electrons. The summed E-state index contributed by atoms with van der Waals surface area (Å²) in [5.74, 6) is 0.558. The van der Waals surface area contributed by atoms with E-state index in [-0.39, 0.29) is 11.6 Å². The van der Waals surface area contributed by atoms with E-state index in [9.17, 15) is 13.2 Å². The number of H-pyrrole nitrogens is 1. The quantitative estimate of drug-likeness (QED) is 0.710. The molecule has 0 aliphatic carbocycles. The summed E-state index contributed by atoms with van der Waals surface area (Å²) in [5.41, 5.74) is -0.174. The van der Waals surface area contributed by atoms with Crippen LogP contribution in [0.4, 0.5) is 5.82 Å². The van der Waals surface area contributed by atoms with Crippen LogP contribution >= 0.6 is 22.6 Å². The first kappa shape index (κ1) is 14.7. The summed E-state index contributed by atoms with van der Waals surface area (Å²) in [7, 11) is -3.10. The number of nitrogens with one attached hydrogen (secondary N) is 2. The Kier molecular flexibility index (Phi) is 4.46. The number of nitrogens with zero attached hydrogens (tertiary/aromatic N) is 2. The van der Waals surface area contributed by atoms with Crippen LogP contribution in [-0.2, 0) is 10.0 Å². The maximum Gasteiger partial charge on any atom is 0.266 e. The molecule has 0 amide bonds. The second-order valence-corrected chi connectivity index (χ2v) is 7.54. The minimum absolute atomic E-state index is 0.140. The standard InChI is InChI=1S/C10H15IN4O3S/c1-19(17,18)15-4-2-7(3-5-15)14-9-8(11)10(16)13-6-12-9/h6-7H,2-5H2,1H3,(H2,12,13,14,16). The molecule has 0 aromatic carbocycles. The van der Waals surface area contributed by atoms with E-state index in [0.717, 1.165) is 0 Å². The molecule has 0 radical (unpaired) electrons. The second-order valence-electron chi connectivity index (χ2n) is 4.47. The highest BCUT2D eigenvalue weighted by atomic mass is 127. The third-order valence-electron chi connectivity index (χ3n) is 3.06. The molecule has 1 aromatic rings. The lowest BCUT2D eigenvalue weighted by Crippen LogP contribution is -2.42. The molecule has 2 heterocycles. The molecule has 7 nitrogen and oxygen atoms in total. The smallest absolute Gasteiger partial charge is 0.266 e. The van der Waals surface area contributed by atoms with Gasteiger partial charge in [-0.3, -0.25) is 4.79 Å². The zero-order chi connectivity index (χ0) is 14.0. The largest absolute Gasteiger partial charge is 0.366 e. The highest BCUT2D eigenvalue weighted by molar-refractivity contribution is 14.1. The van der Waals surface area contributed by atoms with Crippen molar-refractivity contribution < 1.29 is 8.42 Å². The summed E-state index contributed by atoms with van der Waals surface area (Å²) in [6, 6.07) is 0.140. The van der Waals surface area contributed by atoms with Gasteiger partial charge in [0.2, 0.25) is 10.0 Å². The van der Waals surface area contributed by atoms with Crippen LogP contribution in [0.15, 0.2) is 11.1 Å². The molecule has 0 atom stereocenters. The molecule has 0 spiro atoms. The van der Waals surface area contributed by atoms with Gasteiger partial charge in [0.25, 0.3) is 5.56 Å². The predicted octanol–water partition coefficient (Wildman–Crippen LogP) is 0.210. The van der Waals surface area contributed by atoms with Crippen molar-refractivity contribution >= 4 is 38.4 Å². The number of aromatic nitrogens is 2. The SMILES string of the molecule is CS(=O)(=O)N1CCC(Nc2nc[nH]c(=O)c2I)CC1. The molecule has 0 bridgehead atoms. The molecular formula is C10H15IN4O3S. The molecular weight excluding hydrogens is 383 g/mol. The van der Waals surface area contributed by atoms with E-state index in [0.29, 0.717) is 35.3 Å². The van der Waals surface area contributed by atoms with Crippen molar-refractivity contribution in [1.82, 2.24) is 14.3 Å². The van der Waals surface area contributed by atoms with E-state index < -0.39 is 10.0 Å². The number of rotatable bonds is 3. The summed E-state index contributed by atoms with van der Waals surface area (Å²) in [6.07, 6.45) is 4.00. The molecule has 0 saturated carbocycles. The minimum Gasteiger partial charge on any atom is -0.366 e. The van der Waals surface area contributed by atoms with Gasteiger partial charge in [0.05, 0.1) is 12.6 Å². The number of hydrogen-bond acceptors (Lipinski definition) is 5. The maximum absolute atomic E-state index is 11.4. The highest BCUT2D eigenvalue weighted by Crippen LogP contribution is 2.18. The summed E-state index contributed by atoms with van der Waals surface area (Å²) in [5, 5.41) is 3.20. The Bertz CT molecular complexity index is 607.